The van der Waals surface area contributed by atoms with Crippen LogP contribution >= 0.6 is 11.6 Å². The summed E-state index contributed by atoms with van der Waals surface area (Å²) in [6, 6.07) is 1.07. The molecule has 2 heterocycles. The van der Waals surface area contributed by atoms with Crippen LogP contribution in [-0.2, 0) is 4.79 Å². The van der Waals surface area contributed by atoms with E-state index in [0.717, 1.165) is 19.0 Å². The number of halogens is 1. The van der Waals surface area contributed by atoms with Crippen LogP contribution in [0.1, 0.15) is 19.3 Å². The molecule has 0 aliphatic carbocycles. The van der Waals surface area contributed by atoms with Gasteiger partial charge in [0.15, 0.2) is 0 Å². The summed E-state index contributed by atoms with van der Waals surface area (Å²) in [4.78, 5) is 26.6. The van der Waals surface area contributed by atoms with Gasteiger partial charge in [-0.25, -0.2) is 4.98 Å². The molecule has 8 heteroatoms. The highest BCUT2D eigenvalue weighted by atomic mass is 35.5. The van der Waals surface area contributed by atoms with Crippen molar-refractivity contribution in [3.05, 3.63) is 27.4 Å². The van der Waals surface area contributed by atoms with Crippen LogP contribution in [0.15, 0.2) is 12.3 Å². The summed E-state index contributed by atoms with van der Waals surface area (Å²) in [5.41, 5.74) is -0.178. The molecule has 0 spiro atoms. The monoisotopic (exact) mass is 285 g/mol. The minimum Gasteiger partial charge on any atom is -0.481 e. The first kappa shape index (κ1) is 13.5. The lowest BCUT2D eigenvalue weighted by Gasteiger charge is -2.25. The maximum absolute atomic E-state index is 10.8. The van der Waals surface area contributed by atoms with Crippen LogP contribution in [0.3, 0.4) is 0 Å². The molecule has 2 rings (SSSR count). The summed E-state index contributed by atoms with van der Waals surface area (Å²) in [7, 11) is 0. The second kappa shape index (κ2) is 5.40. The van der Waals surface area contributed by atoms with Gasteiger partial charge in [0.25, 0.3) is 5.69 Å². The number of carboxylic acid groups (broad SMARTS) is 1. The van der Waals surface area contributed by atoms with Gasteiger partial charge in [-0.05, 0) is 12.8 Å². The van der Waals surface area contributed by atoms with Crippen LogP contribution in [0.4, 0.5) is 11.5 Å². The van der Waals surface area contributed by atoms with Crippen LogP contribution in [0.5, 0.6) is 0 Å². The Morgan fingerprint density at radius 3 is 3.00 bits per heavy atom. The molecular weight excluding hydrogens is 274 g/mol. The van der Waals surface area contributed by atoms with E-state index in [0.29, 0.717) is 12.4 Å². The fourth-order valence-electron chi connectivity index (χ4n) is 2.26. The van der Waals surface area contributed by atoms with E-state index in [9.17, 15) is 14.9 Å². The van der Waals surface area contributed by atoms with Crippen molar-refractivity contribution in [3.8, 4) is 0 Å². The van der Waals surface area contributed by atoms with E-state index >= 15 is 0 Å². The van der Waals surface area contributed by atoms with E-state index in [1.54, 1.807) is 4.90 Å². The number of carbonyl (C=O) groups is 1. The van der Waals surface area contributed by atoms with Crippen molar-refractivity contribution in [2.75, 3.05) is 11.4 Å². The lowest BCUT2D eigenvalue weighted by Crippen LogP contribution is -2.32. The fraction of sp³-hybridized carbons (Fsp3) is 0.455. The van der Waals surface area contributed by atoms with Gasteiger partial charge in [-0.3, -0.25) is 14.9 Å². The number of pyridine rings is 1. The van der Waals surface area contributed by atoms with Gasteiger partial charge < -0.3 is 10.0 Å². The molecule has 1 aromatic rings. The highest BCUT2D eigenvalue weighted by Gasteiger charge is 2.29. The molecule has 1 fully saturated rings. The minimum absolute atomic E-state index is 0.00893. The van der Waals surface area contributed by atoms with Crippen molar-refractivity contribution >= 4 is 29.1 Å². The average Bonchev–Trinajstić information content (AvgIpc) is 2.75. The first-order valence-electron chi connectivity index (χ1n) is 5.77. The zero-order chi connectivity index (χ0) is 14.0. The Bertz CT molecular complexity index is 523. The van der Waals surface area contributed by atoms with Crippen LogP contribution in [0.2, 0.25) is 5.02 Å². The number of aliphatic carboxylic acids is 1. The van der Waals surface area contributed by atoms with Gasteiger partial charge in [-0.1, -0.05) is 11.6 Å². The molecule has 0 amide bonds. The largest absolute Gasteiger partial charge is 0.481 e. The molecule has 1 unspecified atom stereocenters. The maximum Gasteiger partial charge on any atom is 0.305 e. The van der Waals surface area contributed by atoms with Gasteiger partial charge in [-0.2, -0.15) is 0 Å². The molecule has 19 heavy (non-hydrogen) atoms. The summed E-state index contributed by atoms with van der Waals surface area (Å²) in [6.45, 7) is 0.655. The number of rotatable bonds is 4. The number of nitrogens with zero attached hydrogens (tertiary/aromatic N) is 3. The number of hydrogen-bond donors (Lipinski definition) is 1. The zero-order valence-corrected chi connectivity index (χ0v) is 10.7. The smallest absolute Gasteiger partial charge is 0.305 e. The maximum atomic E-state index is 10.8. The second-order valence-electron chi connectivity index (χ2n) is 4.34. The summed E-state index contributed by atoms with van der Waals surface area (Å²) in [5.74, 6) is -0.467. The SMILES string of the molecule is O=C(O)CC1CCCN1c1ncc([N+](=O)[O-])cc1Cl. The first-order valence-corrected chi connectivity index (χ1v) is 6.15. The summed E-state index contributed by atoms with van der Waals surface area (Å²) >= 11 is 6.00. The Kier molecular flexibility index (Phi) is 3.84. The van der Waals surface area contributed by atoms with E-state index in [1.165, 1.54) is 6.07 Å². The van der Waals surface area contributed by atoms with E-state index in [-0.39, 0.29) is 23.2 Å². The van der Waals surface area contributed by atoms with Crippen molar-refractivity contribution in [1.82, 2.24) is 4.98 Å². The Labute approximate surface area is 114 Å². The Balaban J connectivity index is 2.25. The highest BCUT2D eigenvalue weighted by Crippen LogP contribution is 2.32. The van der Waals surface area contributed by atoms with Gasteiger partial charge >= 0.3 is 5.97 Å². The fourth-order valence-corrected chi connectivity index (χ4v) is 2.53. The van der Waals surface area contributed by atoms with Crippen LogP contribution in [0.25, 0.3) is 0 Å². The molecule has 1 atom stereocenters. The molecule has 1 N–H and O–H groups in total. The number of carboxylic acids is 1. The van der Waals surface area contributed by atoms with Gasteiger partial charge in [0.1, 0.15) is 12.0 Å². The second-order valence-corrected chi connectivity index (χ2v) is 4.75. The van der Waals surface area contributed by atoms with E-state index in [1.807, 2.05) is 0 Å². The van der Waals surface area contributed by atoms with Crippen molar-refractivity contribution in [3.63, 3.8) is 0 Å². The van der Waals surface area contributed by atoms with Gasteiger partial charge in [0.05, 0.1) is 16.4 Å². The highest BCUT2D eigenvalue weighted by molar-refractivity contribution is 6.33. The predicted molar refractivity (Wildman–Crippen MR) is 68.5 cm³/mol. The quantitative estimate of drug-likeness (QED) is 0.672. The third kappa shape index (κ3) is 2.93. The summed E-state index contributed by atoms with van der Waals surface area (Å²) in [6.07, 6.45) is 2.75. The Morgan fingerprint density at radius 1 is 1.68 bits per heavy atom. The molecule has 0 radical (unpaired) electrons. The van der Waals surface area contributed by atoms with Crippen LogP contribution < -0.4 is 4.90 Å². The number of anilines is 1. The first-order chi connectivity index (χ1) is 8.99. The van der Waals surface area contributed by atoms with Crippen molar-refractivity contribution in [2.45, 2.75) is 25.3 Å². The summed E-state index contributed by atoms with van der Waals surface area (Å²) < 4.78 is 0. The molecule has 1 saturated heterocycles. The molecule has 1 aromatic heterocycles. The van der Waals surface area contributed by atoms with Crippen molar-refractivity contribution in [1.29, 1.82) is 0 Å². The van der Waals surface area contributed by atoms with Crippen molar-refractivity contribution < 1.29 is 14.8 Å². The van der Waals surface area contributed by atoms with Crippen LogP contribution in [0, 0.1) is 10.1 Å². The molecule has 7 nitrogen and oxygen atoms in total. The average molecular weight is 286 g/mol. The molecule has 1 aliphatic rings. The zero-order valence-electron chi connectivity index (χ0n) is 9.95. The number of hydrogen-bond acceptors (Lipinski definition) is 5. The normalized spacial score (nSPS) is 18.6. The standard InChI is InChI=1S/C11H12ClN3O4/c12-9-4-8(15(18)19)6-13-11(9)14-3-1-2-7(14)5-10(16)17/h4,6-7H,1-3,5H2,(H,16,17). The van der Waals surface area contributed by atoms with Crippen molar-refractivity contribution in [2.24, 2.45) is 0 Å². The van der Waals surface area contributed by atoms with Crippen LogP contribution in [-0.4, -0.2) is 33.6 Å². The lowest BCUT2D eigenvalue weighted by molar-refractivity contribution is -0.385. The number of aromatic nitrogens is 1. The van der Waals surface area contributed by atoms with E-state index < -0.39 is 10.9 Å². The van der Waals surface area contributed by atoms with Gasteiger partial charge in [0, 0.05) is 18.7 Å². The minimum atomic E-state index is -0.880. The molecule has 0 bridgehead atoms. The summed E-state index contributed by atoms with van der Waals surface area (Å²) in [5, 5.41) is 19.6. The predicted octanol–water partition coefficient (Wildman–Crippen LogP) is 2.09. The van der Waals surface area contributed by atoms with Gasteiger partial charge in [0.2, 0.25) is 0 Å². The van der Waals surface area contributed by atoms with E-state index in [4.69, 9.17) is 16.7 Å². The molecular formula is C11H12ClN3O4. The van der Waals surface area contributed by atoms with E-state index in [2.05, 4.69) is 4.98 Å². The van der Waals surface area contributed by atoms with Gasteiger partial charge in [-0.15, -0.1) is 0 Å². The molecule has 102 valence electrons. The molecule has 0 aromatic carbocycles. The Hall–Kier alpha value is -1.89. The Morgan fingerprint density at radius 2 is 2.42 bits per heavy atom. The third-order valence-electron chi connectivity index (χ3n) is 3.08. The molecule has 0 saturated carbocycles. The lowest BCUT2D eigenvalue weighted by atomic mass is 10.1. The third-order valence-corrected chi connectivity index (χ3v) is 3.36. The molecule has 1 aliphatic heterocycles. The number of nitro groups is 1. The topological polar surface area (TPSA) is 96.6 Å².